The van der Waals surface area contributed by atoms with Crippen molar-refractivity contribution in [2.75, 3.05) is 19.1 Å². The number of methoxy groups -OCH3 is 2. The van der Waals surface area contributed by atoms with E-state index in [9.17, 15) is 4.79 Å². The summed E-state index contributed by atoms with van der Waals surface area (Å²) in [5, 5.41) is 0. The maximum absolute atomic E-state index is 12.9. The fourth-order valence-electron chi connectivity index (χ4n) is 2.55. The second kappa shape index (κ2) is 7.29. The molecule has 0 saturated carbocycles. The Morgan fingerprint density at radius 1 is 1.12 bits per heavy atom. The Labute approximate surface area is 156 Å². The third-order valence-corrected chi connectivity index (χ3v) is 5.08. The van der Waals surface area contributed by atoms with Crippen LogP contribution in [0.3, 0.4) is 0 Å². The first-order valence-electron chi connectivity index (χ1n) is 7.60. The van der Waals surface area contributed by atoms with Gasteiger partial charge >= 0.3 is 0 Å². The van der Waals surface area contributed by atoms with E-state index in [4.69, 9.17) is 21.7 Å². The van der Waals surface area contributed by atoms with Crippen molar-refractivity contribution in [2.45, 2.75) is 6.92 Å². The maximum Gasteiger partial charge on any atom is 0.270 e. The number of hydrogen-bond donors (Lipinski definition) is 0. The van der Waals surface area contributed by atoms with Crippen molar-refractivity contribution >= 4 is 46.0 Å². The van der Waals surface area contributed by atoms with Crippen LogP contribution < -0.4 is 14.4 Å². The number of amides is 1. The van der Waals surface area contributed by atoms with Gasteiger partial charge in [-0.05, 0) is 48.9 Å². The molecular weight excluding hydrogens is 354 g/mol. The SMILES string of the molecule is COc1ccc(OC)c(/C=C2/SC(=S)N(c3cccc(C)c3)C2=O)c1. The zero-order valence-corrected chi connectivity index (χ0v) is 15.7. The van der Waals surface area contributed by atoms with Crippen LogP contribution in [0.25, 0.3) is 6.08 Å². The Hall–Kier alpha value is -2.31. The van der Waals surface area contributed by atoms with Gasteiger partial charge in [0.2, 0.25) is 0 Å². The van der Waals surface area contributed by atoms with Crippen LogP contribution in [0, 0.1) is 6.92 Å². The first-order valence-corrected chi connectivity index (χ1v) is 8.82. The van der Waals surface area contributed by atoms with E-state index in [-0.39, 0.29) is 5.91 Å². The topological polar surface area (TPSA) is 38.8 Å². The third kappa shape index (κ3) is 3.55. The Morgan fingerprint density at radius 2 is 1.92 bits per heavy atom. The summed E-state index contributed by atoms with van der Waals surface area (Å²) in [5.41, 5.74) is 2.63. The number of nitrogens with zero attached hydrogens (tertiary/aromatic N) is 1. The van der Waals surface area contributed by atoms with E-state index in [0.717, 1.165) is 16.8 Å². The van der Waals surface area contributed by atoms with Gasteiger partial charge in [0.25, 0.3) is 5.91 Å². The summed E-state index contributed by atoms with van der Waals surface area (Å²) in [4.78, 5) is 15.0. The molecule has 25 heavy (non-hydrogen) atoms. The molecule has 0 atom stereocenters. The van der Waals surface area contributed by atoms with Crippen LogP contribution in [-0.2, 0) is 4.79 Å². The first-order chi connectivity index (χ1) is 12.0. The van der Waals surface area contributed by atoms with Gasteiger partial charge in [-0.2, -0.15) is 0 Å². The summed E-state index contributed by atoms with van der Waals surface area (Å²) < 4.78 is 11.2. The molecule has 0 N–H and O–H groups in total. The van der Waals surface area contributed by atoms with Crippen molar-refractivity contribution in [3.05, 3.63) is 58.5 Å². The van der Waals surface area contributed by atoms with E-state index in [0.29, 0.717) is 20.7 Å². The Morgan fingerprint density at radius 3 is 2.60 bits per heavy atom. The van der Waals surface area contributed by atoms with Crippen molar-refractivity contribution in [1.29, 1.82) is 0 Å². The van der Waals surface area contributed by atoms with Gasteiger partial charge in [-0.15, -0.1) is 0 Å². The average Bonchev–Trinajstić information content (AvgIpc) is 2.88. The average molecular weight is 371 g/mol. The van der Waals surface area contributed by atoms with E-state index in [1.165, 1.54) is 11.8 Å². The smallest absolute Gasteiger partial charge is 0.270 e. The van der Waals surface area contributed by atoms with Gasteiger partial charge in [-0.25, -0.2) is 0 Å². The number of carbonyl (C=O) groups excluding carboxylic acids is 1. The van der Waals surface area contributed by atoms with Crippen LogP contribution in [0.5, 0.6) is 11.5 Å². The second-order valence-corrected chi connectivity index (χ2v) is 7.14. The van der Waals surface area contributed by atoms with Crippen LogP contribution in [0.1, 0.15) is 11.1 Å². The molecule has 0 bridgehead atoms. The summed E-state index contributed by atoms with van der Waals surface area (Å²) in [5.74, 6) is 1.23. The molecule has 0 aromatic heterocycles. The van der Waals surface area contributed by atoms with Gasteiger partial charge in [-0.3, -0.25) is 9.69 Å². The van der Waals surface area contributed by atoms with E-state index < -0.39 is 0 Å². The fraction of sp³-hybridized carbons (Fsp3) is 0.158. The number of ether oxygens (including phenoxy) is 2. The Kier molecular flexibility index (Phi) is 5.11. The predicted octanol–water partition coefficient (Wildman–Crippen LogP) is 4.42. The third-order valence-electron chi connectivity index (χ3n) is 3.78. The summed E-state index contributed by atoms with van der Waals surface area (Å²) in [6.45, 7) is 1.98. The van der Waals surface area contributed by atoms with Crippen molar-refractivity contribution in [3.63, 3.8) is 0 Å². The zero-order valence-electron chi connectivity index (χ0n) is 14.1. The molecule has 0 spiro atoms. The van der Waals surface area contributed by atoms with Crippen molar-refractivity contribution in [1.82, 2.24) is 0 Å². The van der Waals surface area contributed by atoms with Gasteiger partial charge < -0.3 is 9.47 Å². The minimum Gasteiger partial charge on any atom is -0.497 e. The molecule has 2 aromatic carbocycles. The lowest BCUT2D eigenvalue weighted by atomic mass is 10.1. The highest BCUT2D eigenvalue weighted by Crippen LogP contribution is 2.37. The van der Waals surface area contributed by atoms with Crippen molar-refractivity contribution < 1.29 is 14.3 Å². The van der Waals surface area contributed by atoms with Crippen molar-refractivity contribution in [3.8, 4) is 11.5 Å². The summed E-state index contributed by atoms with van der Waals surface area (Å²) in [6, 6.07) is 13.2. The van der Waals surface area contributed by atoms with Crippen LogP contribution in [0.2, 0.25) is 0 Å². The van der Waals surface area contributed by atoms with Crippen LogP contribution >= 0.6 is 24.0 Å². The molecule has 1 aliphatic rings. The summed E-state index contributed by atoms with van der Waals surface area (Å²) in [7, 11) is 3.19. The van der Waals surface area contributed by atoms with Gasteiger partial charge in [0.05, 0.1) is 24.8 Å². The first kappa shape index (κ1) is 17.5. The van der Waals surface area contributed by atoms with E-state index >= 15 is 0 Å². The molecule has 0 radical (unpaired) electrons. The molecule has 1 amide bonds. The molecule has 128 valence electrons. The van der Waals surface area contributed by atoms with Crippen LogP contribution in [0.15, 0.2) is 47.4 Å². The molecule has 0 aliphatic carbocycles. The van der Waals surface area contributed by atoms with E-state index in [1.54, 1.807) is 25.2 Å². The lowest BCUT2D eigenvalue weighted by Crippen LogP contribution is -2.27. The molecule has 1 heterocycles. The largest absolute Gasteiger partial charge is 0.497 e. The summed E-state index contributed by atoms with van der Waals surface area (Å²) in [6.07, 6.45) is 1.79. The Balaban J connectivity index is 1.98. The number of benzene rings is 2. The van der Waals surface area contributed by atoms with Crippen molar-refractivity contribution in [2.24, 2.45) is 0 Å². The number of aryl methyl sites for hydroxylation is 1. The number of rotatable bonds is 4. The second-order valence-electron chi connectivity index (χ2n) is 5.46. The minimum absolute atomic E-state index is 0.134. The number of carbonyl (C=O) groups is 1. The quantitative estimate of drug-likeness (QED) is 0.588. The molecule has 1 aliphatic heterocycles. The predicted molar refractivity (Wildman–Crippen MR) is 106 cm³/mol. The zero-order chi connectivity index (χ0) is 18.0. The van der Waals surface area contributed by atoms with Gasteiger partial charge in [-0.1, -0.05) is 36.1 Å². The lowest BCUT2D eigenvalue weighted by molar-refractivity contribution is -0.113. The highest BCUT2D eigenvalue weighted by Gasteiger charge is 2.33. The van der Waals surface area contributed by atoms with Crippen LogP contribution in [-0.4, -0.2) is 24.4 Å². The molecule has 1 fully saturated rings. The number of thiocarbonyl (C=S) groups is 1. The van der Waals surface area contributed by atoms with Gasteiger partial charge in [0.1, 0.15) is 11.5 Å². The lowest BCUT2D eigenvalue weighted by Gasteiger charge is -2.14. The Bertz CT molecular complexity index is 877. The maximum atomic E-state index is 12.9. The standard InChI is InChI=1S/C19H17NO3S2/c1-12-5-4-6-14(9-12)20-18(21)17(25-19(20)24)11-13-10-15(22-2)7-8-16(13)23-3/h4-11H,1-3H3/b17-11+. The molecular formula is C19H17NO3S2. The highest BCUT2D eigenvalue weighted by atomic mass is 32.2. The number of anilines is 1. The molecule has 1 saturated heterocycles. The molecule has 2 aromatic rings. The number of thioether (sulfide) groups is 1. The van der Waals surface area contributed by atoms with Gasteiger partial charge in [0, 0.05) is 5.56 Å². The van der Waals surface area contributed by atoms with Crippen LogP contribution in [0.4, 0.5) is 5.69 Å². The monoisotopic (exact) mass is 371 g/mol. The molecule has 3 rings (SSSR count). The van der Waals surface area contributed by atoms with E-state index in [1.807, 2.05) is 49.4 Å². The molecule has 6 heteroatoms. The van der Waals surface area contributed by atoms with Gasteiger partial charge in [0.15, 0.2) is 4.32 Å². The summed E-state index contributed by atoms with van der Waals surface area (Å²) >= 11 is 6.70. The molecule has 4 nitrogen and oxygen atoms in total. The highest BCUT2D eigenvalue weighted by molar-refractivity contribution is 8.27. The normalized spacial score (nSPS) is 15.8. The van der Waals surface area contributed by atoms with E-state index in [2.05, 4.69) is 0 Å². The number of hydrogen-bond acceptors (Lipinski definition) is 5. The molecule has 0 unspecified atom stereocenters. The minimum atomic E-state index is -0.134. The fourth-order valence-corrected chi connectivity index (χ4v) is 3.84.